The fourth-order valence-electron chi connectivity index (χ4n) is 3.55. The molecular weight excluding hydrogens is 360 g/mol. The number of pyridine rings is 1. The summed E-state index contributed by atoms with van der Waals surface area (Å²) >= 11 is 0. The van der Waals surface area contributed by atoms with Gasteiger partial charge in [-0.05, 0) is 32.4 Å². The largest absolute Gasteiger partial charge is 0.350 e. The van der Waals surface area contributed by atoms with Gasteiger partial charge in [0.05, 0.1) is 6.54 Å². The molecule has 1 aliphatic heterocycles. The van der Waals surface area contributed by atoms with Crippen molar-refractivity contribution in [2.45, 2.75) is 26.8 Å². The third-order valence-corrected chi connectivity index (χ3v) is 5.19. The van der Waals surface area contributed by atoms with Gasteiger partial charge in [0, 0.05) is 45.5 Å². The first-order valence-electron chi connectivity index (χ1n) is 9.85. The van der Waals surface area contributed by atoms with E-state index in [0.29, 0.717) is 44.9 Å². The van der Waals surface area contributed by atoms with Crippen molar-refractivity contribution in [3.63, 3.8) is 0 Å². The molecule has 9 heteroatoms. The van der Waals surface area contributed by atoms with Crippen molar-refractivity contribution in [3.05, 3.63) is 34.9 Å². The second kappa shape index (κ2) is 9.01. The molecule has 1 aliphatic rings. The summed E-state index contributed by atoms with van der Waals surface area (Å²) in [5, 5.41) is 4.22. The Morgan fingerprint density at radius 3 is 2.57 bits per heavy atom. The van der Waals surface area contributed by atoms with E-state index in [1.165, 1.54) is 9.08 Å². The molecule has 0 N–H and O–H groups in total. The number of fused-ring (bicyclic) bond motifs is 1. The highest BCUT2D eigenvalue weighted by Crippen LogP contribution is 2.06. The Bertz CT molecular complexity index is 885. The fraction of sp³-hybridized carbons (Fsp3) is 0.579. The van der Waals surface area contributed by atoms with Crippen molar-refractivity contribution < 1.29 is 9.59 Å². The van der Waals surface area contributed by atoms with Crippen LogP contribution in [0.4, 0.5) is 0 Å². The van der Waals surface area contributed by atoms with Crippen molar-refractivity contribution >= 4 is 17.5 Å². The zero-order valence-electron chi connectivity index (χ0n) is 16.6. The SMILES string of the molecule is CCN(CC)C(=O)CN1CCCN(C(=O)Cn2nc3ccccn3c2=O)CC1. The van der Waals surface area contributed by atoms with Crippen LogP contribution in [-0.4, -0.2) is 86.5 Å². The number of aromatic nitrogens is 3. The molecule has 0 unspecified atom stereocenters. The molecule has 9 nitrogen and oxygen atoms in total. The van der Waals surface area contributed by atoms with Gasteiger partial charge in [0.2, 0.25) is 11.8 Å². The third-order valence-electron chi connectivity index (χ3n) is 5.19. The van der Waals surface area contributed by atoms with Gasteiger partial charge >= 0.3 is 5.69 Å². The number of hydrogen-bond donors (Lipinski definition) is 0. The molecule has 2 amide bonds. The van der Waals surface area contributed by atoms with Gasteiger partial charge in [0.15, 0.2) is 5.65 Å². The van der Waals surface area contributed by atoms with Crippen LogP contribution in [0.15, 0.2) is 29.2 Å². The maximum absolute atomic E-state index is 12.7. The van der Waals surface area contributed by atoms with E-state index in [-0.39, 0.29) is 24.0 Å². The van der Waals surface area contributed by atoms with E-state index >= 15 is 0 Å². The highest BCUT2D eigenvalue weighted by molar-refractivity contribution is 5.78. The lowest BCUT2D eigenvalue weighted by molar-refractivity contribution is -0.132. The summed E-state index contributed by atoms with van der Waals surface area (Å²) in [6.07, 6.45) is 2.44. The molecule has 0 aromatic carbocycles. The Hall–Kier alpha value is -2.68. The number of amides is 2. The standard InChI is InChI=1S/C19H28N6O3/c1-3-22(4-2)17(26)14-21-9-7-10-23(13-12-21)18(27)15-25-19(28)24-11-6-5-8-16(24)20-25/h5-6,8,11H,3-4,7,9-10,12-15H2,1-2H3. The monoisotopic (exact) mass is 388 g/mol. The molecule has 28 heavy (non-hydrogen) atoms. The lowest BCUT2D eigenvalue weighted by atomic mass is 10.3. The molecule has 1 saturated heterocycles. The van der Waals surface area contributed by atoms with Crippen LogP contribution in [0.1, 0.15) is 20.3 Å². The molecule has 0 bridgehead atoms. The van der Waals surface area contributed by atoms with Crippen molar-refractivity contribution in [1.82, 2.24) is 28.9 Å². The molecule has 2 aromatic rings. The Labute approximate surface area is 164 Å². The second-order valence-electron chi connectivity index (χ2n) is 6.95. The van der Waals surface area contributed by atoms with E-state index in [9.17, 15) is 14.4 Å². The molecule has 0 saturated carbocycles. The zero-order chi connectivity index (χ0) is 20.1. The van der Waals surface area contributed by atoms with E-state index in [1.807, 2.05) is 18.7 Å². The van der Waals surface area contributed by atoms with Crippen LogP contribution in [0.5, 0.6) is 0 Å². The van der Waals surface area contributed by atoms with E-state index < -0.39 is 0 Å². The molecule has 0 spiro atoms. The first-order chi connectivity index (χ1) is 13.5. The predicted molar refractivity (Wildman–Crippen MR) is 105 cm³/mol. The summed E-state index contributed by atoms with van der Waals surface area (Å²) in [4.78, 5) is 43.1. The normalized spacial score (nSPS) is 15.6. The molecule has 3 heterocycles. The average molecular weight is 388 g/mol. The van der Waals surface area contributed by atoms with Gasteiger partial charge in [-0.15, -0.1) is 5.10 Å². The molecule has 152 valence electrons. The van der Waals surface area contributed by atoms with Crippen LogP contribution in [0, 0.1) is 0 Å². The Balaban J connectivity index is 1.59. The first kappa shape index (κ1) is 20.1. The summed E-state index contributed by atoms with van der Waals surface area (Å²) in [7, 11) is 0. The molecule has 0 aliphatic carbocycles. The number of likely N-dealkylation sites (N-methyl/N-ethyl adjacent to an activating group) is 1. The van der Waals surface area contributed by atoms with Gasteiger partial charge in [-0.3, -0.25) is 18.9 Å². The molecule has 3 rings (SSSR count). The maximum Gasteiger partial charge on any atom is 0.350 e. The summed E-state index contributed by atoms with van der Waals surface area (Å²) in [5.41, 5.74) is 0.211. The summed E-state index contributed by atoms with van der Waals surface area (Å²) in [5.74, 6) is 0.00320. The lowest BCUT2D eigenvalue weighted by Gasteiger charge is -2.25. The zero-order valence-corrected chi connectivity index (χ0v) is 16.6. The Morgan fingerprint density at radius 1 is 1.07 bits per heavy atom. The van der Waals surface area contributed by atoms with E-state index in [1.54, 1.807) is 29.3 Å². The molecule has 1 fully saturated rings. The van der Waals surface area contributed by atoms with Crippen molar-refractivity contribution in [2.75, 3.05) is 45.8 Å². The van der Waals surface area contributed by atoms with Crippen LogP contribution in [0.3, 0.4) is 0 Å². The van der Waals surface area contributed by atoms with Gasteiger partial charge in [-0.25, -0.2) is 9.48 Å². The van der Waals surface area contributed by atoms with Crippen LogP contribution in [0.25, 0.3) is 5.65 Å². The Kier molecular flexibility index (Phi) is 6.45. The minimum atomic E-state index is -0.315. The van der Waals surface area contributed by atoms with Crippen LogP contribution < -0.4 is 5.69 Å². The summed E-state index contributed by atoms with van der Waals surface area (Å²) < 4.78 is 2.64. The molecular formula is C19H28N6O3. The van der Waals surface area contributed by atoms with Gasteiger partial charge in [0.1, 0.15) is 6.54 Å². The van der Waals surface area contributed by atoms with Crippen molar-refractivity contribution in [3.8, 4) is 0 Å². The molecule has 2 aromatic heterocycles. The first-order valence-corrected chi connectivity index (χ1v) is 9.85. The number of hydrogen-bond acceptors (Lipinski definition) is 5. The minimum absolute atomic E-state index is 0.0705. The highest BCUT2D eigenvalue weighted by Gasteiger charge is 2.22. The number of carbonyl (C=O) groups excluding carboxylic acids is 2. The maximum atomic E-state index is 12.7. The van der Waals surface area contributed by atoms with Gasteiger partial charge in [-0.1, -0.05) is 6.07 Å². The third kappa shape index (κ3) is 4.41. The second-order valence-corrected chi connectivity index (χ2v) is 6.95. The van der Waals surface area contributed by atoms with E-state index in [2.05, 4.69) is 10.00 Å². The Morgan fingerprint density at radius 2 is 1.86 bits per heavy atom. The van der Waals surface area contributed by atoms with Crippen LogP contribution >= 0.6 is 0 Å². The molecule has 0 atom stereocenters. The fourth-order valence-corrected chi connectivity index (χ4v) is 3.55. The lowest BCUT2D eigenvalue weighted by Crippen LogP contribution is -2.42. The summed E-state index contributed by atoms with van der Waals surface area (Å²) in [6.45, 7) is 8.29. The van der Waals surface area contributed by atoms with Gasteiger partial charge in [0.25, 0.3) is 0 Å². The predicted octanol–water partition coefficient (Wildman–Crippen LogP) is -0.101. The minimum Gasteiger partial charge on any atom is -0.342 e. The van der Waals surface area contributed by atoms with E-state index in [4.69, 9.17) is 0 Å². The quantitative estimate of drug-likeness (QED) is 0.690. The van der Waals surface area contributed by atoms with Crippen molar-refractivity contribution in [2.24, 2.45) is 0 Å². The summed E-state index contributed by atoms with van der Waals surface area (Å²) in [6, 6.07) is 5.29. The van der Waals surface area contributed by atoms with Crippen LogP contribution in [-0.2, 0) is 16.1 Å². The number of carbonyl (C=O) groups is 2. The molecule has 0 radical (unpaired) electrons. The highest BCUT2D eigenvalue weighted by atomic mass is 16.2. The number of nitrogens with zero attached hydrogens (tertiary/aromatic N) is 6. The van der Waals surface area contributed by atoms with Gasteiger partial charge < -0.3 is 9.80 Å². The van der Waals surface area contributed by atoms with Crippen LogP contribution in [0.2, 0.25) is 0 Å². The smallest absolute Gasteiger partial charge is 0.342 e. The average Bonchev–Trinajstić information content (AvgIpc) is 2.85. The van der Waals surface area contributed by atoms with Gasteiger partial charge in [-0.2, -0.15) is 0 Å². The van der Waals surface area contributed by atoms with E-state index in [0.717, 1.165) is 13.0 Å². The van der Waals surface area contributed by atoms with Crippen molar-refractivity contribution in [1.29, 1.82) is 0 Å². The number of rotatable bonds is 6. The topological polar surface area (TPSA) is 83.2 Å².